The summed E-state index contributed by atoms with van der Waals surface area (Å²) < 4.78 is 0. The quantitative estimate of drug-likeness (QED) is 0.305. The van der Waals surface area contributed by atoms with Gasteiger partial charge in [-0.3, -0.25) is 4.79 Å². The number of H-pyrrole nitrogens is 1. The minimum absolute atomic E-state index is 0.0866. The molecular formula is C32H37N3O. The lowest BCUT2D eigenvalue weighted by atomic mass is 9.96. The lowest BCUT2D eigenvalue weighted by molar-refractivity contribution is 0.0658. The van der Waals surface area contributed by atoms with E-state index >= 15 is 0 Å². The molecule has 0 radical (unpaired) electrons. The van der Waals surface area contributed by atoms with Gasteiger partial charge in [0.25, 0.3) is 5.91 Å². The molecule has 0 aliphatic carbocycles. The summed E-state index contributed by atoms with van der Waals surface area (Å²) in [5, 5.41) is 1.08. The molecule has 3 aromatic carbocycles. The van der Waals surface area contributed by atoms with Crippen LogP contribution in [0.4, 0.5) is 0 Å². The van der Waals surface area contributed by atoms with Gasteiger partial charge in [0.05, 0.1) is 0 Å². The second-order valence-electron chi connectivity index (χ2n) is 10.2. The largest absolute Gasteiger partial charge is 0.351 e. The summed E-state index contributed by atoms with van der Waals surface area (Å²) in [4.78, 5) is 21.7. The van der Waals surface area contributed by atoms with E-state index in [0.29, 0.717) is 18.2 Å². The van der Waals surface area contributed by atoms with Crippen LogP contribution in [0.3, 0.4) is 0 Å². The predicted molar refractivity (Wildman–Crippen MR) is 148 cm³/mol. The second-order valence-corrected chi connectivity index (χ2v) is 10.2. The van der Waals surface area contributed by atoms with Gasteiger partial charge in [0.15, 0.2) is 0 Å². The second kappa shape index (κ2) is 11.6. The number of nitrogens with one attached hydrogen (secondary N) is 1. The van der Waals surface area contributed by atoms with Crippen molar-refractivity contribution in [1.82, 2.24) is 14.8 Å². The van der Waals surface area contributed by atoms with Gasteiger partial charge in [-0.2, -0.15) is 0 Å². The number of nitrogens with zero attached hydrogens (tertiary/aromatic N) is 2. The predicted octanol–water partition coefficient (Wildman–Crippen LogP) is 6.33. The van der Waals surface area contributed by atoms with Crippen LogP contribution in [0.1, 0.15) is 46.9 Å². The fourth-order valence-electron chi connectivity index (χ4n) is 5.49. The fourth-order valence-corrected chi connectivity index (χ4v) is 5.49. The maximum Gasteiger partial charge on any atom is 0.270 e. The van der Waals surface area contributed by atoms with Gasteiger partial charge in [0, 0.05) is 37.1 Å². The number of para-hydroxylation sites is 1. The van der Waals surface area contributed by atoms with Crippen LogP contribution in [-0.4, -0.2) is 46.9 Å². The highest BCUT2D eigenvalue weighted by molar-refractivity contribution is 5.98. The van der Waals surface area contributed by atoms with Crippen LogP contribution in [0.2, 0.25) is 0 Å². The first kappa shape index (κ1) is 24.3. The van der Waals surface area contributed by atoms with Crippen molar-refractivity contribution in [3.8, 4) is 0 Å². The number of hydrogen-bond donors (Lipinski definition) is 1. The van der Waals surface area contributed by atoms with Crippen LogP contribution >= 0.6 is 0 Å². The molecule has 186 valence electrons. The highest BCUT2D eigenvalue weighted by atomic mass is 16.2. The van der Waals surface area contributed by atoms with Crippen LogP contribution in [0.15, 0.2) is 84.9 Å². The summed E-state index contributed by atoms with van der Waals surface area (Å²) in [5.41, 5.74) is 5.70. The molecule has 0 saturated carbocycles. The number of fused-ring (bicyclic) bond motifs is 1. The number of aromatic amines is 1. The van der Waals surface area contributed by atoms with E-state index < -0.39 is 0 Å². The zero-order valence-electron chi connectivity index (χ0n) is 21.3. The zero-order chi connectivity index (χ0) is 24.7. The minimum Gasteiger partial charge on any atom is -0.351 e. The van der Waals surface area contributed by atoms with Gasteiger partial charge >= 0.3 is 0 Å². The first-order valence-electron chi connectivity index (χ1n) is 13.4. The third-order valence-corrected chi connectivity index (χ3v) is 7.46. The average Bonchev–Trinajstić information content (AvgIpc) is 3.36. The van der Waals surface area contributed by atoms with E-state index in [-0.39, 0.29) is 5.91 Å². The van der Waals surface area contributed by atoms with Crippen molar-refractivity contribution in [3.05, 3.63) is 107 Å². The Morgan fingerprint density at radius 1 is 0.944 bits per heavy atom. The normalized spacial score (nSPS) is 16.3. The summed E-state index contributed by atoms with van der Waals surface area (Å²) in [6.07, 6.45) is 4.54. The summed E-state index contributed by atoms with van der Waals surface area (Å²) >= 11 is 0. The van der Waals surface area contributed by atoms with Crippen LogP contribution in [0, 0.1) is 5.92 Å². The Balaban J connectivity index is 1.27. The first-order chi connectivity index (χ1) is 17.7. The molecule has 1 aliphatic heterocycles. The fraction of sp³-hybridized carbons (Fsp3) is 0.344. The van der Waals surface area contributed by atoms with Gasteiger partial charge in [0.1, 0.15) is 5.69 Å². The Morgan fingerprint density at radius 2 is 1.72 bits per heavy atom. The lowest BCUT2D eigenvalue weighted by Crippen LogP contribution is -2.43. The molecular weight excluding hydrogens is 442 g/mol. The monoisotopic (exact) mass is 479 g/mol. The number of hydrogen-bond acceptors (Lipinski definition) is 2. The van der Waals surface area contributed by atoms with Crippen molar-refractivity contribution >= 4 is 16.8 Å². The molecule has 1 saturated heterocycles. The van der Waals surface area contributed by atoms with Gasteiger partial charge in [-0.05, 0) is 67.0 Å². The first-order valence-corrected chi connectivity index (χ1v) is 13.4. The van der Waals surface area contributed by atoms with Crippen LogP contribution in [0.5, 0.6) is 0 Å². The van der Waals surface area contributed by atoms with Gasteiger partial charge in [-0.15, -0.1) is 0 Å². The molecule has 4 aromatic rings. The topological polar surface area (TPSA) is 39.3 Å². The molecule has 36 heavy (non-hydrogen) atoms. The molecule has 1 amide bonds. The number of piperidine rings is 1. The van der Waals surface area contributed by atoms with E-state index in [1.165, 1.54) is 29.5 Å². The van der Waals surface area contributed by atoms with Crippen LogP contribution < -0.4 is 0 Å². The molecule has 1 atom stereocenters. The number of carbonyl (C=O) groups is 1. The Kier molecular flexibility index (Phi) is 7.82. The summed E-state index contributed by atoms with van der Waals surface area (Å²) in [6.45, 7) is 6.92. The molecule has 0 spiro atoms. The average molecular weight is 480 g/mol. The molecule has 1 N–H and O–H groups in total. The lowest BCUT2D eigenvalue weighted by Gasteiger charge is -2.35. The molecule has 1 aliphatic rings. The number of aromatic nitrogens is 1. The third kappa shape index (κ3) is 6.06. The molecule has 4 nitrogen and oxygen atoms in total. The number of carbonyl (C=O) groups excluding carboxylic acids is 1. The van der Waals surface area contributed by atoms with Crippen molar-refractivity contribution in [2.75, 3.05) is 26.2 Å². The minimum atomic E-state index is 0.0866. The Morgan fingerprint density at radius 3 is 2.56 bits per heavy atom. The van der Waals surface area contributed by atoms with E-state index in [9.17, 15) is 4.79 Å². The smallest absolute Gasteiger partial charge is 0.270 e. The van der Waals surface area contributed by atoms with Crippen molar-refractivity contribution in [3.63, 3.8) is 0 Å². The molecule has 1 unspecified atom stereocenters. The molecule has 5 rings (SSSR count). The van der Waals surface area contributed by atoms with E-state index in [1.54, 1.807) is 0 Å². The van der Waals surface area contributed by atoms with E-state index in [4.69, 9.17) is 0 Å². The number of likely N-dealkylation sites (tertiary alicyclic amines) is 1. The highest BCUT2D eigenvalue weighted by Crippen LogP contribution is 2.22. The number of aryl methyl sites for hydroxylation is 1. The number of amides is 1. The summed E-state index contributed by atoms with van der Waals surface area (Å²) in [6, 6.07) is 29.5. The number of benzene rings is 3. The maximum absolute atomic E-state index is 13.7. The standard InChI is InChI=1S/C32H37N3O/c1-2-25-12-8-13-26(20-25)17-19-34-18-9-14-28(22-34)24-35(23-27-10-4-3-5-11-27)32(36)31-21-29-15-6-7-16-30(29)33-31/h3-8,10-13,15-16,20-21,28,33H,2,9,14,17-19,22-24H2,1H3. The third-order valence-electron chi connectivity index (χ3n) is 7.46. The van der Waals surface area contributed by atoms with Crippen molar-refractivity contribution < 1.29 is 4.79 Å². The molecule has 1 aromatic heterocycles. The Bertz CT molecular complexity index is 1250. The highest BCUT2D eigenvalue weighted by Gasteiger charge is 2.26. The van der Waals surface area contributed by atoms with Gasteiger partial charge < -0.3 is 14.8 Å². The Hall–Kier alpha value is -3.37. The van der Waals surface area contributed by atoms with Gasteiger partial charge in [-0.25, -0.2) is 0 Å². The van der Waals surface area contributed by atoms with Crippen LogP contribution in [0.25, 0.3) is 10.9 Å². The summed E-state index contributed by atoms with van der Waals surface area (Å²) in [5.74, 6) is 0.571. The van der Waals surface area contributed by atoms with Gasteiger partial charge in [0.2, 0.25) is 0 Å². The van der Waals surface area contributed by atoms with Gasteiger partial charge in [-0.1, -0.05) is 79.7 Å². The van der Waals surface area contributed by atoms with E-state index in [2.05, 4.69) is 76.3 Å². The van der Waals surface area contributed by atoms with E-state index in [0.717, 1.165) is 49.9 Å². The molecule has 2 heterocycles. The number of rotatable bonds is 9. The molecule has 0 bridgehead atoms. The van der Waals surface area contributed by atoms with Crippen LogP contribution in [-0.2, 0) is 19.4 Å². The summed E-state index contributed by atoms with van der Waals surface area (Å²) in [7, 11) is 0. The Labute approximate surface area is 214 Å². The maximum atomic E-state index is 13.7. The van der Waals surface area contributed by atoms with Crippen molar-refractivity contribution in [2.24, 2.45) is 5.92 Å². The van der Waals surface area contributed by atoms with Crippen molar-refractivity contribution in [1.29, 1.82) is 0 Å². The molecule has 4 heteroatoms. The SMILES string of the molecule is CCc1cccc(CCN2CCCC(CN(Cc3ccccc3)C(=O)c3cc4ccccc4[nH]3)C2)c1. The van der Waals surface area contributed by atoms with E-state index in [1.807, 2.05) is 30.3 Å². The zero-order valence-corrected chi connectivity index (χ0v) is 21.3. The molecule has 1 fully saturated rings. The van der Waals surface area contributed by atoms with Crippen molar-refractivity contribution in [2.45, 2.75) is 39.2 Å².